The van der Waals surface area contributed by atoms with E-state index in [-0.39, 0.29) is 19.2 Å². The van der Waals surface area contributed by atoms with Crippen LogP contribution in [-0.2, 0) is 16.1 Å². The second-order valence-electron chi connectivity index (χ2n) is 4.54. The monoisotopic (exact) mass is 269 g/mol. The van der Waals surface area contributed by atoms with Gasteiger partial charge in [-0.3, -0.25) is 9.69 Å². The molecule has 3 rings (SSSR count). The first-order valence-corrected chi connectivity index (χ1v) is 6.48. The molecule has 4 heteroatoms. The van der Waals surface area contributed by atoms with E-state index in [1.165, 1.54) is 0 Å². The normalized spacial score (nSPS) is 13.8. The van der Waals surface area contributed by atoms with Gasteiger partial charge in [-0.25, -0.2) is 0 Å². The van der Waals surface area contributed by atoms with Gasteiger partial charge in [0, 0.05) is 0 Å². The van der Waals surface area contributed by atoms with E-state index < -0.39 is 0 Å². The van der Waals surface area contributed by atoms with Crippen molar-refractivity contribution in [1.29, 1.82) is 0 Å². The minimum Gasteiger partial charge on any atom is -0.482 e. The number of hydrogen-bond acceptors (Lipinski definition) is 3. The predicted molar refractivity (Wildman–Crippen MR) is 75.5 cm³/mol. The Morgan fingerprint density at radius 3 is 2.65 bits per heavy atom. The van der Waals surface area contributed by atoms with Crippen LogP contribution in [0, 0.1) is 0 Å². The molecular formula is C16H15NO3. The van der Waals surface area contributed by atoms with Crippen LogP contribution in [0.4, 0.5) is 5.69 Å². The number of ether oxygens (including phenoxy) is 2. The highest BCUT2D eigenvalue weighted by Gasteiger charge is 2.24. The predicted octanol–water partition coefficient (Wildman–Crippen LogP) is 2.59. The summed E-state index contributed by atoms with van der Waals surface area (Å²) < 4.78 is 11.0. The van der Waals surface area contributed by atoms with Crippen LogP contribution in [0.1, 0.15) is 5.56 Å². The average Bonchev–Trinajstić information content (AvgIpc) is 2.50. The maximum Gasteiger partial charge on any atom is 0.266 e. The van der Waals surface area contributed by atoms with Crippen molar-refractivity contribution in [2.75, 3.05) is 18.2 Å². The first-order valence-electron chi connectivity index (χ1n) is 6.48. The molecule has 0 radical (unpaired) electrons. The summed E-state index contributed by atoms with van der Waals surface area (Å²) in [5, 5.41) is 0. The fraction of sp³-hybridized carbons (Fsp3) is 0.188. The Morgan fingerprint density at radius 2 is 1.80 bits per heavy atom. The van der Waals surface area contributed by atoms with Gasteiger partial charge >= 0.3 is 0 Å². The second kappa shape index (κ2) is 5.75. The fourth-order valence-electron chi connectivity index (χ4n) is 2.12. The average molecular weight is 269 g/mol. The highest BCUT2D eigenvalue weighted by molar-refractivity contribution is 5.97. The van der Waals surface area contributed by atoms with Gasteiger partial charge in [0.25, 0.3) is 5.91 Å². The van der Waals surface area contributed by atoms with Gasteiger partial charge in [-0.1, -0.05) is 42.5 Å². The molecule has 0 aliphatic carbocycles. The van der Waals surface area contributed by atoms with Gasteiger partial charge in [0.1, 0.15) is 12.5 Å². The molecular weight excluding hydrogens is 254 g/mol. The maximum atomic E-state index is 11.9. The largest absolute Gasteiger partial charge is 0.482 e. The van der Waals surface area contributed by atoms with Crippen molar-refractivity contribution >= 4 is 11.6 Å². The van der Waals surface area contributed by atoms with Crippen LogP contribution in [0.25, 0.3) is 0 Å². The zero-order valence-electron chi connectivity index (χ0n) is 11.0. The standard InChI is InChI=1S/C16H15NO3/c18-16-11-20-15-9-5-4-8-14(15)17(16)12-19-10-13-6-2-1-3-7-13/h1-9H,10-12H2. The lowest BCUT2D eigenvalue weighted by molar-refractivity contribution is -0.122. The molecule has 0 unspecified atom stereocenters. The van der Waals surface area contributed by atoms with E-state index in [9.17, 15) is 4.79 Å². The number of amides is 1. The Labute approximate surface area is 117 Å². The molecule has 20 heavy (non-hydrogen) atoms. The molecule has 1 heterocycles. The lowest BCUT2D eigenvalue weighted by atomic mass is 10.2. The van der Waals surface area contributed by atoms with Gasteiger partial charge in [-0.15, -0.1) is 0 Å². The topological polar surface area (TPSA) is 38.8 Å². The summed E-state index contributed by atoms with van der Waals surface area (Å²) >= 11 is 0. The summed E-state index contributed by atoms with van der Waals surface area (Å²) in [4.78, 5) is 13.5. The molecule has 0 aromatic heterocycles. The van der Waals surface area contributed by atoms with Crippen LogP contribution in [-0.4, -0.2) is 19.2 Å². The number of hydrogen-bond donors (Lipinski definition) is 0. The van der Waals surface area contributed by atoms with Crippen molar-refractivity contribution in [3.05, 3.63) is 60.2 Å². The van der Waals surface area contributed by atoms with E-state index in [1.807, 2.05) is 54.6 Å². The highest BCUT2D eigenvalue weighted by atomic mass is 16.5. The van der Waals surface area contributed by atoms with E-state index >= 15 is 0 Å². The van der Waals surface area contributed by atoms with Crippen LogP contribution < -0.4 is 9.64 Å². The van der Waals surface area contributed by atoms with Gasteiger partial charge < -0.3 is 9.47 Å². The third-order valence-corrected chi connectivity index (χ3v) is 3.14. The summed E-state index contributed by atoms with van der Waals surface area (Å²) in [5.74, 6) is 0.632. The third kappa shape index (κ3) is 2.65. The summed E-state index contributed by atoms with van der Waals surface area (Å²) in [6.07, 6.45) is 0. The minimum absolute atomic E-state index is 0.0612. The first-order chi connectivity index (χ1) is 9.84. The molecule has 0 N–H and O–H groups in total. The van der Waals surface area contributed by atoms with Gasteiger partial charge in [0.05, 0.1) is 12.3 Å². The third-order valence-electron chi connectivity index (χ3n) is 3.14. The lowest BCUT2D eigenvalue weighted by Crippen LogP contribution is -2.40. The molecule has 0 bridgehead atoms. The van der Waals surface area contributed by atoms with E-state index in [2.05, 4.69) is 0 Å². The van der Waals surface area contributed by atoms with Crippen LogP contribution in [0.15, 0.2) is 54.6 Å². The number of carbonyl (C=O) groups is 1. The second-order valence-corrected chi connectivity index (χ2v) is 4.54. The molecule has 0 spiro atoms. The van der Waals surface area contributed by atoms with Gasteiger partial charge in [-0.2, -0.15) is 0 Å². The van der Waals surface area contributed by atoms with E-state index in [0.717, 1.165) is 17.0 Å². The van der Waals surface area contributed by atoms with Gasteiger partial charge in [0.15, 0.2) is 6.61 Å². The lowest BCUT2D eigenvalue weighted by Gasteiger charge is -2.28. The maximum absolute atomic E-state index is 11.9. The molecule has 1 aliphatic heterocycles. The summed E-state index contributed by atoms with van der Waals surface area (Å²) in [6.45, 7) is 0.771. The van der Waals surface area contributed by atoms with Crippen molar-refractivity contribution < 1.29 is 14.3 Å². The number of anilines is 1. The smallest absolute Gasteiger partial charge is 0.266 e. The zero-order valence-corrected chi connectivity index (χ0v) is 11.0. The molecule has 1 amide bonds. The number of nitrogens with zero attached hydrogens (tertiary/aromatic N) is 1. The number of benzene rings is 2. The Balaban J connectivity index is 1.66. The van der Waals surface area contributed by atoms with Gasteiger partial charge in [-0.05, 0) is 17.7 Å². The van der Waals surface area contributed by atoms with E-state index in [4.69, 9.17) is 9.47 Å². The molecule has 1 aliphatic rings. The van der Waals surface area contributed by atoms with Crippen molar-refractivity contribution in [1.82, 2.24) is 0 Å². The van der Waals surface area contributed by atoms with Crippen LogP contribution >= 0.6 is 0 Å². The minimum atomic E-state index is -0.0863. The number of carbonyl (C=O) groups excluding carboxylic acids is 1. The van der Waals surface area contributed by atoms with Crippen LogP contribution in [0.5, 0.6) is 5.75 Å². The van der Waals surface area contributed by atoms with Crippen molar-refractivity contribution in [2.45, 2.75) is 6.61 Å². The number of para-hydroxylation sites is 2. The summed E-state index contributed by atoms with van der Waals surface area (Å²) in [7, 11) is 0. The Kier molecular flexibility index (Phi) is 3.65. The molecule has 4 nitrogen and oxygen atoms in total. The fourth-order valence-corrected chi connectivity index (χ4v) is 2.12. The Hall–Kier alpha value is -2.33. The molecule has 0 saturated carbocycles. The summed E-state index contributed by atoms with van der Waals surface area (Å²) in [5.41, 5.74) is 1.85. The number of fused-ring (bicyclic) bond motifs is 1. The van der Waals surface area contributed by atoms with Crippen molar-refractivity contribution in [3.8, 4) is 5.75 Å². The number of rotatable bonds is 4. The van der Waals surface area contributed by atoms with Crippen LogP contribution in [0.2, 0.25) is 0 Å². The zero-order chi connectivity index (χ0) is 13.8. The van der Waals surface area contributed by atoms with Gasteiger partial charge in [0.2, 0.25) is 0 Å². The van der Waals surface area contributed by atoms with E-state index in [1.54, 1.807) is 4.90 Å². The molecule has 2 aromatic carbocycles. The van der Waals surface area contributed by atoms with Crippen molar-refractivity contribution in [3.63, 3.8) is 0 Å². The first kappa shape index (κ1) is 12.7. The Bertz CT molecular complexity index is 598. The Morgan fingerprint density at radius 1 is 1.05 bits per heavy atom. The molecule has 2 aromatic rings. The summed E-state index contributed by atoms with van der Waals surface area (Å²) in [6, 6.07) is 17.4. The SMILES string of the molecule is O=C1COc2ccccc2N1COCc1ccccc1. The molecule has 102 valence electrons. The highest BCUT2D eigenvalue weighted by Crippen LogP contribution is 2.31. The quantitative estimate of drug-likeness (QED) is 0.856. The molecule has 0 saturated heterocycles. The van der Waals surface area contributed by atoms with Crippen LogP contribution in [0.3, 0.4) is 0 Å². The van der Waals surface area contributed by atoms with E-state index in [0.29, 0.717) is 6.61 Å². The molecule has 0 fully saturated rings. The molecule has 0 atom stereocenters. The van der Waals surface area contributed by atoms with Crippen molar-refractivity contribution in [2.24, 2.45) is 0 Å².